The summed E-state index contributed by atoms with van der Waals surface area (Å²) in [6.45, 7) is 4.54. The second-order valence-corrected chi connectivity index (χ2v) is 8.52. The van der Waals surface area contributed by atoms with Crippen molar-refractivity contribution in [3.8, 4) is 0 Å². The molecule has 1 spiro atoms. The van der Waals surface area contributed by atoms with Crippen LogP contribution in [0.2, 0.25) is 0 Å². The predicted molar refractivity (Wildman–Crippen MR) is 110 cm³/mol. The van der Waals surface area contributed by atoms with Gasteiger partial charge in [-0.2, -0.15) is 0 Å². The van der Waals surface area contributed by atoms with Crippen LogP contribution in [0.5, 0.6) is 0 Å². The van der Waals surface area contributed by atoms with E-state index in [9.17, 15) is 4.79 Å². The molecule has 1 aromatic heterocycles. The van der Waals surface area contributed by atoms with Crippen molar-refractivity contribution in [2.24, 2.45) is 0 Å². The number of rotatable bonds is 5. The number of piperidine rings is 1. The molecule has 2 aliphatic rings. The van der Waals surface area contributed by atoms with Gasteiger partial charge in [-0.05, 0) is 37.8 Å². The number of carbonyl (C=O) groups excluding carboxylic acids is 1. The summed E-state index contributed by atoms with van der Waals surface area (Å²) in [5.74, 6) is 0.00631. The molecule has 2 aromatic rings. The topological polar surface area (TPSA) is 51.7 Å². The second-order valence-electron chi connectivity index (χ2n) is 7.46. The van der Waals surface area contributed by atoms with Crippen LogP contribution in [-0.4, -0.2) is 47.2 Å². The first-order chi connectivity index (χ1) is 13.6. The highest BCUT2D eigenvalue weighted by Gasteiger charge is 2.47. The summed E-state index contributed by atoms with van der Waals surface area (Å²) in [5, 5.41) is 2.96. The van der Waals surface area contributed by atoms with Crippen LogP contribution in [0.15, 0.2) is 41.8 Å². The zero-order valence-electron chi connectivity index (χ0n) is 16.2. The fourth-order valence-electron chi connectivity index (χ4n) is 4.01. The Kier molecular flexibility index (Phi) is 5.90. The van der Waals surface area contributed by atoms with E-state index in [4.69, 9.17) is 9.47 Å². The molecular formula is C22H26N2O3S. The molecular weight excluding hydrogens is 372 g/mol. The lowest BCUT2D eigenvalue weighted by Crippen LogP contribution is -2.57. The van der Waals surface area contributed by atoms with Crippen molar-refractivity contribution >= 4 is 23.3 Å². The van der Waals surface area contributed by atoms with Crippen molar-refractivity contribution in [3.63, 3.8) is 0 Å². The minimum absolute atomic E-state index is 0.00631. The highest BCUT2D eigenvalue weighted by Crippen LogP contribution is 2.38. The number of amides is 1. The summed E-state index contributed by atoms with van der Waals surface area (Å²) in [7, 11) is 0. The third-order valence-electron chi connectivity index (χ3n) is 5.55. The summed E-state index contributed by atoms with van der Waals surface area (Å²) < 4.78 is 12.5. The van der Waals surface area contributed by atoms with E-state index in [1.807, 2.05) is 35.4 Å². The number of hydrogen-bond donors (Lipinski definition) is 0. The highest BCUT2D eigenvalue weighted by atomic mass is 32.1. The van der Waals surface area contributed by atoms with Gasteiger partial charge in [0.15, 0.2) is 0 Å². The van der Waals surface area contributed by atoms with Gasteiger partial charge in [0.05, 0.1) is 22.9 Å². The van der Waals surface area contributed by atoms with Gasteiger partial charge in [0.2, 0.25) is 5.91 Å². The van der Waals surface area contributed by atoms with Crippen molar-refractivity contribution in [2.75, 3.05) is 19.7 Å². The second kappa shape index (κ2) is 8.55. The zero-order valence-corrected chi connectivity index (χ0v) is 17.0. The van der Waals surface area contributed by atoms with Gasteiger partial charge in [0.25, 0.3) is 0 Å². The van der Waals surface area contributed by atoms with Crippen LogP contribution >= 0.6 is 11.3 Å². The van der Waals surface area contributed by atoms with Gasteiger partial charge in [-0.15, -0.1) is 11.3 Å². The maximum absolute atomic E-state index is 12.7. The molecule has 4 rings (SSSR count). The molecule has 2 atom stereocenters. The maximum Gasteiger partial charge on any atom is 0.246 e. The number of aromatic nitrogens is 1. The van der Waals surface area contributed by atoms with Crippen molar-refractivity contribution < 1.29 is 14.3 Å². The Balaban J connectivity index is 1.42. The number of carbonyl (C=O) groups is 1. The van der Waals surface area contributed by atoms with E-state index in [2.05, 4.69) is 17.1 Å². The van der Waals surface area contributed by atoms with Gasteiger partial charge in [-0.3, -0.25) is 4.79 Å². The molecule has 1 aromatic carbocycles. The van der Waals surface area contributed by atoms with Crippen molar-refractivity contribution in [3.05, 3.63) is 58.1 Å². The SMILES string of the molecule is Cc1nc(/C=C/C(=O)N2CC[C@@]3(CCCO3)[C@H](OCc3ccccc3)C2)cs1. The Labute approximate surface area is 170 Å². The Morgan fingerprint density at radius 1 is 1.39 bits per heavy atom. The van der Waals surface area contributed by atoms with Crippen LogP contribution in [0, 0.1) is 6.92 Å². The smallest absolute Gasteiger partial charge is 0.246 e. The Morgan fingerprint density at radius 3 is 2.96 bits per heavy atom. The fraction of sp³-hybridized carbons (Fsp3) is 0.455. The molecule has 2 fully saturated rings. The standard InChI is InChI=1S/C22H26N2O3S/c1-17-23-19(16-28-17)8-9-21(25)24-12-11-22(10-5-13-27-22)20(14-24)26-15-18-6-3-2-4-7-18/h2-4,6-9,16,20H,5,10-15H2,1H3/b9-8+/t20-,22+/m1/s1. The molecule has 0 radical (unpaired) electrons. The lowest BCUT2D eigenvalue weighted by molar-refractivity contribution is -0.165. The Hall–Kier alpha value is -2.02. The van der Waals surface area contributed by atoms with E-state index in [-0.39, 0.29) is 17.6 Å². The van der Waals surface area contributed by atoms with E-state index in [0.29, 0.717) is 19.7 Å². The van der Waals surface area contributed by atoms with Gasteiger partial charge in [0.1, 0.15) is 6.10 Å². The molecule has 0 bridgehead atoms. The number of likely N-dealkylation sites (tertiary alicyclic amines) is 1. The van der Waals surface area contributed by atoms with E-state index in [1.165, 1.54) is 0 Å². The summed E-state index contributed by atoms with van der Waals surface area (Å²) in [6, 6.07) is 10.2. The fourth-order valence-corrected chi connectivity index (χ4v) is 4.59. The molecule has 1 amide bonds. The molecule has 0 unspecified atom stereocenters. The third kappa shape index (κ3) is 4.35. The Morgan fingerprint density at radius 2 is 2.25 bits per heavy atom. The van der Waals surface area contributed by atoms with Gasteiger partial charge in [0, 0.05) is 31.2 Å². The lowest BCUT2D eigenvalue weighted by atomic mass is 9.85. The maximum atomic E-state index is 12.7. The molecule has 2 aliphatic heterocycles. The van der Waals surface area contributed by atoms with Gasteiger partial charge < -0.3 is 14.4 Å². The molecule has 0 N–H and O–H groups in total. The van der Waals surface area contributed by atoms with Crippen molar-refractivity contribution in [1.82, 2.24) is 9.88 Å². The zero-order chi connectivity index (χ0) is 19.4. The summed E-state index contributed by atoms with van der Waals surface area (Å²) in [4.78, 5) is 19.0. The van der Waals surface area contributed by atoms with Crippen LogP contribution in [-0.2, 0) is 20.9 Å². The summed E-state index contributed by atoms with van der Waals surface area (Å²) in [6.07, 6.45) is 6.19. The first-order valence-electron chi connectivity index (χ1n) is 9.83. The van der Waals surface area contributed by atoms with Crippen LogP contribution in [0.4, 0.5) is 0 Å². The largest absolute Gasteiger partial charge is 0.372 e. The lowest BCUT2D eigenvalue weighted by Gasteiger charge is -2.44. The monoisotopic (exact) mass is 398 g/mol. The summed E-state index contributed by atoms with van der Waals surface area (Å²) >= 11 is 1.59. The number of nitrogens with zero attached hydrogens (tertiary/aromatic N) is 2. The third-order valence-corrected chi connectivity index (χ3v) is 6.34. The van der Waals surface area contributed by atoms with E-state index < -0.39 is 0 Å². The molecule has 148 valence electrons. The van der Waals surface area contributed by atoms with Gasteiger partial charge in [-0.25, -0.2) is 4.98 Å². The Bertz CT molecular complexity index is 827. The quantitative estimate of drug-likeness (QED) is 0.719. The highest BCUT2D eigenvalue weighted by molar-refractivity contribution is 7.09. The first-order valence-corrected chi connectivity index (χ1v) is 10.7. The van der Waals surface area contributed by atoms with Crippen LogP contribution in [0.3, 0.4) is 0 Å². The molecule has 2 saturated heterocycles. The van der Waals surface area contributed by atoms with Gasteiger partial charge in [-0.1, -0.05) is 30.3 Å². The van der Waals surface area contributed by atoms with Crippen LogP contribution in [0.1, 0.15) is 35.5 Å². The predicted octanol–water partition coefficient (Wildman–Crippen LogP) is 3.83. The summed E-state index contributed by atoms with van der Waals surface area (Å²) in [5.41, 5.74) is 1.72. The number of thiazole rings is 1. The molecule has 6 heteroatoms. The molecule has 0 saturated carbocycles. The first kappa shape index (κ1) is 19.3. The van der Waals surface area contributed by atoms with Gasteiger partial charge >= 0.3 is 0 Å². The normalized spacial score (nSPS) is 25.0. The van der Waals surface area contributed by atoms with Crippen LogP contribution in [0.25, 0.3) is 6.08 Å². The van der Waals surface area contributed by atoms with E-state index in [0.717, 1.165) is 42.1 Å². The minimum atomic E-state index is -0.249. The number of ether oxygens (including phenoxy) is 2. The average molecular weight is 399 g/mol. The minimum Gasteiger partial charge on any atom is -0.372 e. The average Bonchev–Trinajstić information content (AvgIpc) is 3.36. The molecule has 3 heterocycles. The van der Waals surface area contributed by atoms with Crippen molar-refractivity contribution in [1.29, 1.82) is 0 Å². The van der Waals surface area contributed by atoms with E-state index in [1.54, 1.807) is 23.5 Å². The van der Waals surface area contributed by atoms with Crippen molar-refractivity contribution in [2.45, 2.75) is 44.5 Å². The molecule has 28 heavy (non-hydrogen) atoms. The van der Waals surface area contributed by atoms with E-state index >= 15 is 0 Å². The number of hydrogen-bond acceptors (Lipinski definition) is 5. The molecule has 0 aliphatic carbocycles. The molecule has 5 nitrogen and oxygen atoms in total. The van der Waals surface area contributed by atoms with Crippen LogP contribution < -0.4 is 0 Å². The number of aryl methyl sites for hydroxylation is 1. The number of benzene rings is 1.